The number of benzene rings is 1. The number of nitrogens with one attached hydrogen (secondary N) is 1. The van der Waals surface area contributed by atoms with E-state index in [2.05, 4.69) is 5.32 Å². The van der Waals surface area contributed by atoms with Crippen LogP contribution in [-0.4, -0.2) is 23.7 Å². The monoisotopic (exact) mass is 273 g/mol. The molecule has 1 fully saturated rings. The summed E-state index contributed by atoms with van der Waals surface area (Å²) >= 11 is 0. The summed E-state index contributed by atoms with van der Waals surface area (Å²) in [6.07, 6.45) is 1.74. The largest absolute Gasteiger partial charge is 0.393 e. The van der Waals surface area contributed by atoms with Gasteiger partial charge in [0.25, 0.3) is 5.91 Å². The molecular weight excluding hydrogens is 259 g/mol. The van der Waals surface area contributed by atoms with Gasteiger partial charge in [-0.3, -0.25) is 4.79 Å². The van der Waals surface area contributed by atoms with Crippen LogP contribution in [-0.2, 0) is 0 Å². The molecule has 2 N–H and O–H groups in total. The Labute approximate surface area is 108 Å². The Morgan fingerprint density at radius 3 is 2.58 bits per heavy atom. The van der Waals surface area contributed by atoms with Gasteiger partial charge in [-0.2, -0.15) is 0 Å². The lowest BCUT2D eigenvalue weighted by Crippen LogP contribution is -2.33. The molecule has 6 heteroatoms. The van der Waals surface area contributed by atoms with Crippen LogP contribution in [0.25, 0.3) is 0 Å². The highest BCUT2D eigenvalue weighted by atomic mass is 19.2. The summed E-state index contributed by atoms with van der Waals surface area (Å²) in [7, 11) is 0. The smallest absolute Gasteiger partial charge is 0.257 e. The third-order valence-corrected chi connectivity index (χ3v) is 3.41. The molecule has 0 spiro atoms. The summed E-state index contributed by atoms with van der Waals surface area (Å²) in [6, 6.07) is 1.33. The highest BCUT2D eigenvalue weighted by molar-refractivity contribution is 5.94. The summed E-state index contributed by atoms with van der Waals surface area (Å²) in [6.45, 7) is 0.120. The van der Waals surface area contributed by atoms with Gasteiger partial charge < -0.3 is 10.4 Å². The lowest BCUT2D eigenvalue weighted by molar-refractivity contribution is 0.0907. The number of hydrogen-bond donors (Lipinski definition) is 2. The second-order valence-electron chi connectivity index (χ2n) is 4.69. The zero-order valence-electron chi connectivity index (χ0n) is 10.1. The van der Waals surface area contributed by atoms with Gasteiger partial charge in [0.1, 0.15) is 11.4 Å². The fourth-order valence-corrected chi connectivity index (χ4v) is 2.30. The maximum absolute atomic E-state index is 13.4. The van der Waals surface area contributed by atoms with E-state index < -0.39 is 35.0 Å². The predicted molar refractivity (Wildman–Crippen MR) is 62.0 cm³/mol. The molecule has 104 valence electrons. The molecule has 0 aliphatic heterocycles. The molecule has 1 aromatic rings. The highest BCUT2D eigenvalue weighted by Gasteiger charge is 2.27. The number of rotatable bonds is 3. The average molecular weight is 273 g/mol. The molecule has 2 atom stereocenters. The minimum atomic E-state index is -1.50. The van der Waals surface area contributed by atoms with E-state index in [4.69, 9.17) is 0 Å². The number of aliphatic hydroxyl groups is 1. The van der Waals surface area contributed by atoms with Crippen molar-refractivity contribution in [3.8, 4) is 0 Å². The number of amides is 1. The van der Waals surface area contributed by atoms with Crippen LogP contribution in [0.5, 0.6) is 0 Å². The first kappa shape index (κ1) is 13.9. The molecule has 1 aliphatic rings. The number of aliphatic hydroxyl groups excluding tert-OH is 1. The van der Waals surface area contributed by atoms with Crippen LogP contribution in [0.1, 0.15) is 29.6 Å². The van der Waals surface area contributed by atoms with Crippen molar-refractivity contribution >= 4 is 5.91 Å². The van der Waals surface area contributed by atoms with Gasteiger partial charge in [0, 0.05) is 12.5 Å². The van der Waals surface area contributed by atoms with E-state index in [9.17, 15) is 23.1 Å². The third kappa shape index (κ3) is 2.89. The zero-order valence-corrected chi connectivity index (χ0v) is 10.1. The molecule has 19 heavy (non-hydrogen) atoms. The Kier molecular flexibility index (Phi) is 4.09. The predicted octanol–water partition coefficient (Wildman–Crippen LogP) is 1.99. The summed E-state index contributed by atoms with van der Waals surface area (Å²) in [4.78, 5) is 11.7. The van der Waals surface area contributed by atoms with Crippen LogP contribution in [0, 0.1) is 23.4 Å². The third-order valence-electron chi connectivity index (χ3n) is 3.41. The van der Waals surface area contributed by atoms with Crippen LogP contribution in [0.15, 0.2) is 12.1 Å². The van der Waals surface area contributed by atoms with E-state index in [0.29, 0.717) is 18.6 Å². The van der Waals surface area contributed by atoms with Gasteiger partial charge in [0.05, 0.1) is 6.10 Å². The molecule has 0 bridgehead atoms. The van der Waals surface area contributed by atoms with E-state index in [1.165, 1.54) is 0 Å². The molecule has 0 unspecified atom stereocenters. The van der Waals surface area contributed by atoms with Crippen molar-refractivity contribution in [2.75, 3.05) is 6.54 Å². The molecule has 0 saturated heterocycles. The maximum atomic E-state index is 13.4. The summed E-state index contributed by atoms with van der Waals surface area (Å²) < 4.78 is 39.7. The van der Waals surface area contributed by atoms with Gasteiger partial charge in [-0.15, -0.1) is 0 Å². The van der Waals surface area contributed by atoms with Crippen LogP contribution < -0.4 is 5.32 Å². The SMILES string of the molecule is O=C(NC[C@@H]1CCC[C@@H]1O)c1c(F)ccc(F)c1F. The Hall–Kier alpha value is -1.56. The molecule has 2 rings (SSSR count). The first-order valence-electron chi connectivity index (χ1n) is 6.10. The van der Waals surface area contributed by atoms with Crippen LogP contribution in [0.3, 0.4) is 0 Å². The first-order valence-corrected chi connectivity index (χ1v) is 6.10. The standard InChI is InChI=1S/C13H14F3NO2/c14-8-4-5-9(15)12(16)11(8)13(19)17-6-7-2-1-3-10(7)18/h4-5,7,10,18H,1-3,6H2,(H,17,19)/t7-,10-/m0/s1. The minimum Gasteiger partial charge on any atom is -0.393 e. The second kappa shape index (κ2) is 5.61. The highest BCUT2D eigenvalue weighted by Crippen LogP contribution is 2.25. The molecule has 0 heterocycles. The average Bonchev–Trinajstić information content (AvgIpc) is 2.77. The molecular formula is C13H14F3NO2. The van der Waals surface area contributed by atoms with Crippen molar-refractivity contribution in [2.24, 2.45) is 5.92 Å². The first-order chi connectivity index (χ1) is 9.00. The quantitative estimate of drug-likeness (QED) is 0.827. The van der Waals surface area contributed by atoms with E-state index in [1.807, 2.05) is 0 Å². The molecule has 1 amide bonds. The molecule has 1 aromatic carbocycles. The van der Waals surface area contributed by atoms with Crippen molar-refractivity contribution in [1.29, 1.82) is 0 Å². The van der Waals surface area contributed by atoms with Crippen molar-refractivity contribution in [3.05, 3.63) is 35.1 Å². The number of carbonyl (C=O) groups excluding carboxylic acids is 1. The molecule has 0 aromatic heterocycles. The lowest BCUT2D eigenvalue weighted by atomic mass is 10.1. The molecule has 3 nitrogen and oxygen atoms in total. The van der Waals surface area contributed by atoms with E-state index in [0.717, 1.165) is 12.8 Å². The minimum absolute atomic E-state index is 0.120. The zero-order chi connectivity index (χ0) is 14.0. The summed E-state index contributed by atoms with van der Waals surface area (Å²) in [5, 5.41) is 11.9. The maximum Gasteiger partial charge on any atom is 0.257 e. The number of carbonyl (C=O) groups is 1. The van der Waals surface area contributed by atoms with Crippen LogP contribution in [0.2, 0.25) is 0 Å². The van der Waals surface area contributed by atoms with Gasteiger partial charge >= 0.3 is 0 Å². The van der Waals surface area contributed by atoms with Gasteiger partial charge in [-0.1, -0.05) is 6.42 Å². The Bertz CT molecular complexity index is 493. The topological polar surface area (TPSA) is 49.3 Å². The fourth-order valence-electron chi connectivity index (χ4n) is 2.30. The van der Waals surface area contributed by atoms with Gasteiger partial charge in [0.2, 0.25) is 0 Å². The molecule has 1 saturated carbocycles. The van der Waals surface area contributed by atoms with Crippen LogP contribution >= 0.6 is 0 Å². The Morgan fingerprint density at radius 2 is 1.95 bits per heavy atom. The normalized spacial score (nSPS) is 22.5. The van der Waals surface area contributed by atoms with E-state index in [-0.39, 0.29) is 12.5 Å². The number of halogens is 3. The second-order valence-corrected chi connectivity index (χ2v) is 4.69. The fraction of sp³-hybridized carbons (Fsp3) is 0.462. The summed E-state index contributed by atoms with van der Waals surface area (Å²) in [5.41, 5.74) is -0.924. The van der Waals surface area contributed by atoms with Gasteiger partial charge in [-0.05, 0) is 25.0 Å². The van der Waals surface area contributed by atoms with Crippen molar-refractivity contribution in [1.82, 2.24) is 5.32 Å². The van der Waals surface area contributed by atoms with Gasteiger partial charge in [0.15, 0.2) is 11.6 Å². The van der Waals surface area contributed by atoms with E-state index in [1.54, 1.807) is 0 Å². The Balaban J connectivity index is 2.06. The van der Waals surface area contributed by atoms with Crippen molar-refractivity contribution in [3.63, 3.8) is 0 Å². The van der Waals surface area contributed by atoms with Crippen molar-refractivity contribution < 1.29 is 23.1 Å². The lowest BCUT2D eigenvalue weighted by Gasteiger charge is -2.15. The van der Waals surface area contributed by atoms with Gasteiger partial charge in [-0.25, -0.2) is 13.2 Å². The van der Waals surface area contributed by atoms with E-state index >= 15 is 0 Å². The molecule has 1 aliphatic carbocycles. The Morgan fingerprint density at radius 1 is 1.26 bits per heavy atom. The molecule has 0 radical (unpaired) electrons. The number of hydrogen-bond acceptors (Lipinski definition) is 2. The summed E-state index contributed by atoms with van der Waals surface area (Å²) in [5.74, 6) is -5.00. The van der Waals surface area contributed by atoms with Crippen molar-refractivity contribution in [2.45, 2.75) is 25.4 Å². The van der Waals surface area contributed by atoms with Crippen LogP contribution in [0.4, 0.5) is 13.2 Å².